The number of hydrogen-bond acceptors (Lipinski definition) is 3. The van der Waals surface area contributed by atoms with E-state index in [0.717, 1.165) is 0 Å². The van der Waals surface area contributed by atoms with Crippen LogP contribution < -0.4 is 0 Å². The molecule has 2 N–H and O–H groups in total. The summed E-state index contributed by atoms with van der Waals surface area (Å²) in [4.78, 5) is 0. The molecule has 0 amide bonds. The number of benzene rings is 1. The predicted octanol–water partition coefficient (Wildman–Crippen LogP) is 2.62. The predicted molar refractivity (Wildman–Crippen MR) is 53.5 cm³/mol. The zero-order valence-electron chi connectivity index (χ0n) is 8.15. The van der Waals surface area contributed by atoms with Gasteiger partial charge in [-0.15, -0.1) is 0 Å². The van der Waals surface area contributed by atoms with Crippen LogP contribution in [0.5, 0.6) is 5.75 Å². The van der Waals surface area contributed by atoms with Gasteiger partial charge in [0.15, 0.2) is 0 Å². The average molecular weight is 181 g/mol. The van der Waals surface area contributed by atoms with Gasteiger partial charge in [-0.05, 0) is 19.1 Å². The van der Waals surface area contributed by atoms with Crippen LogP contribution in [0.2, 0.25) is 0 Å². The maximum atomic E-state index is 9.22. The maximum absolute atomic E-state index is 9.22. The Hall–Kier alpha value is -1.51. The average Bonchev–Trinajstić information content (AvgIpc) is 2.20. The van der Waals surface area contributed by atoms with Gasteiger partial charge in [-0.1, -0.05) is 31.1 Å². The van der Waals surface area contributed by atoms with Crippen molar-refractivity contribution in [2.75, 3.05) is 0 Å². The molecule has 0 saturated carbocycles. The highest BCUT2D eigenvalue weighted by atomic mass is 16.4. The Balaban J connectivity index is 0.000000671. The largest absolute Gasteiger partial charge is 0.507 e. The summed E-state index contributed by atoms with van der Waals surface area (Å²) >= 11 is 0. The summed E-state index contributed by atoms with van der Waals surface area (Å²) in [7, 11) is 0. The van der Waals surface area contributed by atoms with Crippen LogP contribution in [0.1, 0.15) is 26.3 Å². The Morgan fingerprint density at radius 2 is 1.77 bits per heavy atom. The molecule has 1 rings (SSSR count). The maximum Gasteiger partial charge on any atom is 0.124 e. The van der Waals surface area contributed by atoms with Crippen LogP contribution in [-0.2, 0) is 0 Å². The molecule has 0 aliphatic rings. The molecule has 0 aliphatic carbocycles. The number of phenols is 1. The van der Waals surface area contributed by atoms with Crippen molar-refractivity contribution >= 4 is 5.71 Å². The highest BCUT2D eigenvalue weighted by molar-refractivity contribution is 6.00. The fourth-order valence-corrected chi connectivity index (χ4v) is 0.833. The Bertz CT molecular complexity index is 282. The van der Waals surface area contributed by atoms with E-state index < -0.39 is 0 Å². The van der Waals surface area contributed by atoms with E-state index in [0.29, 0.717) is 11.3 Å². The molecule has 0 unspecified atom stereocenters. The van der Waals surface area contributed by atoms with Crippen LogP contribution in [-0.4, -0.2) is 16.0 Å². The number of aromatic hydroxyl groups is 1. The zero-order valence-corrected chi connectivity index (χ0v) is 8.15. The molecule has 0 spiro atoms. The van der Waals surface area contributed by atoms with Crippen molar-refractivity contribution in [2.24, 2.45) is 5.16 Å². The number of nitrogens with zero attached hydrogens (tertiary/aromatic N) is 1. The van der Waals surface area contributed by atoms with Crippen LogP contribution in [0, 0.1) is 0 Å². The van der Waals surface area contributed by atoms with Crippen molar-refractivity contribution in [3.63, 3.8) is 0 Å². The molecule has 0 aliphatic heterocycles. The highest BCUT2D eigenvalue weighted by Gasteiger charge is 2.01. The van der Waals surface area contributed by atoms with E-state index in [1.54, 1.807) is 31.2 Å². The SMILES string of the molecule is C/C(=N\O)c1ccccc1O.CC. The molecule has 3 nitrogen and oxygen atoms in total. The number of phenolic OH excluding ortho intramolecular Hbond substituents is 1. The molecule has 72 valence electrons. The summed E-state index contributed by atoms with van der Waals surface area (Å²) in [5.74, 6) is 0.128. The molecule has 0 atom stereocenters. The van der Waals surface area contributed by atoms with E-state index in [-0.39, 0.29) is 5.75 Å². The van der Waals surface area contributed by atoms with E-state index in [1.807, 2.05) is 13.8 Å². The molecule has 0 heterocycles. The minimum absolute atomic E-state index is 0.128. The van der Waals surface area contributed by atoms with Gasteiger partial charge in [-0.25, -0.2) is 0 Å². The lowest BCUT2D eigenvalue weighted by atomic mass is 10.1. The topological polar surface area (TPSA) is 52.8 Å². The lowest BCUT2D eigenvalue weighted by Crippen LogP contribution is -1.93. The Morgan fingerprint density at radius 3 is 2.23 bits per heavy atom. The number of para-hydroxylation sites is 1. The van der Waals surface area contributed by atoms with Gasteiger partial charge in [0, 0.05) is 5.56 Å². The van der Waals surface area contributed by atoms with Crippen molar-refractivity contribution in [1.82, 2.24) is 0 Å². The lowest BCUT2D eigenvalue weighted by Gasteiger charge is -1.99. The molecule has 0 saturated heterocycles. The van der Waals surface area contributed by atoms with E-state index in [2.05, 4.69) is 5.16 Å². The Labute approximate surface area is 78.3 Å². The second-order valence-electron chi connectivity index (χ2n) is 2.20. The van der Waals surface area contributed by atoms with Crippen LogP contribution in [0.3, 0.4) is 0 Å². The second-order valence-corrected chi connectivity index (χ2v) is 2.20. The third-order valence-corrected chi connectivity index (χ3v) is 1.44. The summed E-state index contributed by atoms with van der Waals surface area (Å²) < 4.78 is 0. The molecule has 1 aromatic carbocycles. The first kappa shape index (κ1) is 11.5. The minimum Gasteiger partial charge on any atom is -0.507 e. The van der Waals surface area contributed by atoms with Crippen LogP contribution in [0.15, 0.2) is 29.4 Å². The minimum atomic E-state index is 0.128. The fourth-order valence-electron chi connectivity index (χ4n) is 0.833. The van der Waals surface area contributed by atoms with Crippen molar-refractivity contribution in [3.05, 3.63) is 29.8 Å². The fraction of sp³-hybridized carbons (Fsp3) is 0.300. The van der Waals surface area contributed by atoms with Gasteiger partial charge in [-0.3, -0.25) is 0 Å². The van der Waals surface area contributed by atoms with Crippen LogP contribution in [0.4, 0.5) is 0 Å². The Kier molecular flexibility index (Phi) is 5.35. The van der Waals surface area contributed by atoms with Crippen molar-refractivity contribution in [2.45, 2.75) is 20.8 Å². The van der Waals surface area contributed by atoms with Crippen LogP contribution in [0.25, 0.3) is 0 Å². The van der Waals surface area contributed by atoms with Gasteiger partial charge < -0.3 is 10.3 Å². The third-order valence-electron chi connectivity index (χ3n) is 1.44. The van der Waals surface area contributed by atoms with Gasteiger partial charge in [0.05, 0.1) is 5.71 Å². The Morgan fingerprint density at radius 1 is 1.23 bits per heavy atom. The highest BCUT2D eigenvalue weighted by Crippen LogP contribution is 2.15. The molecule has 0 radical (unpaired) electrons. The number of rotatable bonds is 1. The van der Waals surface area contributed by atoms with Gasteiger partial charge in [0.25, 0.3) is 0 Å². The van der Waals surface area contributed by atoms with Crippen LogP contribution >= 0.6 is 0 Å². The third kappa shape index (κ3) is 3.15. The number of oxime groups is 1. The van der Waals surface area contributed by atoms with Gasteiger partial charge in [0.2, 0.25) is 0 Å². The van der Waals surface area contributed by atoms with Gasteiger partial charge >= 0.3 is 0 Å². The first-order valence-electron chi connectivity index (χ1n) is 4.22. The summed E-state index contributed by atoms with van der Waals surface area (Å²) in [6, 6.07) is 6.71. The first-order valence-corrected chi connectivity index (χ1v) is 4.22. The monoisotopic (exact) mass is 181 g/mol. The summed E-state index contributed by atoms with van der Waals surface area (Å²) in [6.45, 7) is 5.62. The molecular weight excluding hydrogens is 166 g/mol. The van der Waals surface area contributed by atoms with E-state index in [1.165, 1.54) is 0 Å². The summed E-state index contributed by atoms with van der Waals surface area (Å²) in [5, 5.41) is 20.6. The van der Waals surface area contributed by atoms with E-state index in [9.17, 15) is 5.11 Å². The first-order chi connectivity index (χ1) is 6.25. The molecule has 1 aromatic rings. The van der Waals surface area contributed by atoms with Crippen molar-refractivity contribution < 1.29 is 10.3 Å². The normalized spacial score (nSPS) is 10.2. The molecule has 3 heteroatoms. The summed E-state index contributed by atoms with van der Waals surface area (Å²) in [6.07, 6.45) is 0. The standard InChI is InChI=1S/C8H9NO2.C2H6/c1-6(9-11)7-4-2-3-5-8(7)10;1-2/h2-5,10-11H,1H3;1-2H3/b9-6+;. The quantitative estimate of drug-likeness (QED) is 0.397. The van der Waals surface area contributed by atoms with E-state index in [4.69, 9.17) is 5.21 Å². The van der Waals surface area contributed by atoms with Gasteiger partial charge in [0.1, 0.15) is 5.75 Å². The molecule has 0 bridgehead atoms. The lowest BCUT2D eigenvalue weighted by molar-refractivity contribution is 0.318. The molecule has 0 fully saturated rings. The van der Waals surface area contributed by atoms with Crippen molar-refractivity contribution in [3.8, 4) is 5.75 Å². The molecule has 0 aromatic heterocycles. The van der Waals surface area contributed by atoms with E-state index >= 15 is 0 Å². The van der Waals surface area contributed by atoms with Gasteiger partial charge in [-0.2, -0.15) is 0 Å². The second kappa shape index (κ2) is 6.06. The summed E-state index contributed by atoms with van der Waals surface area (Å²) in [5.41, 5.74) is 0.957. The number of hydrogen-bond donors (Lipinski definition) is 2. The smallest absolute Gasteiger partial charge is 0.124 e. The molecule has 13 heavy (non-hydrogen) atoms. The zero-order chi connectivity index (χ0) is 10.3. The molecular formula is C10H15NO2. The van der Waals surface area contributed by atoms with Crippen molar-refractivity contribution in [1.29, 1.82) is 0 Å².